The lowest BCUT2D eigenvalue weighted by molar-refractivity contribution is -0.385. The zero-order chi connectivity index (χ0) is 22.6. The van der Waals surface area contributed by atoms with Gasteiger partial charge in [-0.3, -0.25) is 14.9 Å². The number of hydrogen-bond donors (Lipinski definition) is 1. The molecule has 0 aliphatic rings. The molecule has 0 aromatic heterocycles. The van der Waals surface area contributed by atoms with Crippen molar-refractivity contribution in [3.8, 4) is 5.75 Å². The molecular weight excluding hydrogens is 401 g/mol. The van der Waals surface area contributed by atoms with E-state index in [-0.39, 0.29) is 11.8 Å². The summed E-state index contributed by atoms with van der Waals surface area (Å²) in [5, 5.41) is 13.5. The molecule has 0 fully saturated rings. The second kappa shape index (κ2) is 9.15. The Balaban J connectivity index is 2.25. The van der Waals surface area contributed by atoms with Crippen LogP contribution in [0.25, 0.3) is 0 Å². The lowest BCUT2D eigenvalue weighted by atomic mass is 9.92. The average Bonchev–Trinajstić information content (AvgIpc) is 2.65. The predicted octanol–water partition coefficient (Wildman–Crippen LogP) is 5.88. The van der Waals surface area contributed by atoms with E-state index in [0.29, 0.717) is 11.8 Å². The summed E-state index contributed by atoms with van der Waals surface area (Å²) in [6, 6.07) is 7.78. The number of nitro benzene ring substituents is 1. The molecule has 1 amide bonds. The number of para-hydroxylation sites is 1. The number of alkyl halides is 3. The SMILES string of the molecule is CC(C)c1cccc(C(C)C)c1NC(=O)COc1ccc([N+](=O)[O-])cc1C(F)(F)F. The van der Waals surface area contributed by atoms with Crippen molar-refractivity contribution in [1.82, 2.24) is 0 Å². The smallest absolute Gasteiger partial charge is 0.420 e. The maximum absolute atomic E-state index is 13.2. The summed E-state index contributed by atoms with van der Waals surface area (Å²) in [6.07, 6.45) is -4.87. The number of benzene rings is 2. The molecule has 6 nitrogen and oxygen atoms in total. The molecule has 162 valence electrons. The standard InChI is InChI=1S/C21H23F3N2O4/c1-12(2)15-6-5-7-16(13(3)4)20(15)25-19(27)11-30-18-9-8-14(26(28)29)10-17(18)21(22,23)24/h5-10,12-13H,11H2,1-4H3,(H,25,27). The summed E-state index contributed by atoms with van der Waals surface area (Å²) in [7, 11) is 0. The number of nitrogens with one attached hydrogen (secondary N) is 1. The van der Waals surface area contributed by atoms with Crippen molar-refractivity contribution in [3.63, 3.8) is 0 Å². The van der Waals surface area contributed by atoms with Gasteiger partial charge in [-0.05, 0) is 29.0 Å². The quantitative estimate of drug-likeness (QED) is 0.445. The lowest BCUT2D eigenvalue weighted by Crippen LogP contribution is -2.23. The first kappa shape index (κ1) is 23.2. The first-order chi connectivity index (χ1) is 13.9. The zero-order valence-electron chi connectivity index (χ0n) is 17.0. The number of non-ortho nitro benzene ring substituents is 1. The third kappa shape index (κ3) is 5.49. The summed E-state index contributed by atoms with van der Waals surface area (Å²) >= 11 is 0. The van der Waals surface area contributed by atoms with E-state index >= 15 is 0 Å². The maximum Gasteiger partial charge on any atom is 0.420 e. The van der Waals surface area contributed by atoms with Crippen LogP contribution in [0.3, 0.4) is 0 Å². The molecule has 0 atom stereocenters. The van der Waals surface area contributed by atoms with Crippen molar-refractivity contribution in [3.05, 3.63) is 63.2 Å². The van der Waals surface area contributed by atoms with Gasteiger partial charge >= 0.3 is 6.18 Å². The molecule has 2 aromatic rings. The number of rotatable bonds is 7. The van der Waals surface area contributed by atoms with Gasteiger partial charge in [0, 0.05) is 17.8 Å². The number of anilines is 1. The van der Waals surface area contributed by atoms with Gasteiger partial charge < -0.3 is 10.1 Å². The van der Waals surface area contributed by atoms with E-state index in [1.165, 1.54) is 0 Å². The van der Waals surface area contributed by atoms with E-state index < -0.39 is 40.6 Å². The number of amides is 1. The van der Waals surface area contributed by atoms with Gasteiger partial charge in [0.15, 0.2) is 6.61 Å². The van der Waals surface area contributed by atoms with Crippen molar-refractivity contribution in [2.24, 2.45) is 0 Å². The van der Waals surface area contributed by atoms with Crippen LogP contribution in [0, 0.1) is 10.1 Å². The molecule has 0 unspecified atom stereocenters. The largest absolute Gasteiger partial charge is 0.483 e. The second-order valence-electron chi connectivity index (χ2n) is 7.39. The normalized spacial score (nSPS) is 11.6. The molecule has 1 N–H and O–H groups in total. The first-order valence-corrected chi connectivity index (χ1v) is 9.32. The minimum Gasteiger partial charge on any atom is -0.483 e. The van der Waals surface area contributed by atoms with Gasteiger partial charge in [-0.25, -0.2) is 0 Å². The molecule has 0 saturated heterocycles. The highest BCUT2D eigenvalue weighted by Gasteiger charge is 2.36. The van der Waals surface area contributed by atoms with Crippen LogP contribution >= 0.6 is 0 Å². The fourth-order valence-electron chi connectivity index (χ4n) is 2.99. The summed E-state index contributed by atoms with van der Waals surface area (Å²) in [5.41, 5.74) is 0.402. The van der Waals surface area contributed by atoms with Crippen LogP contribution in [0.1, 0.15) is 56.2 Å². The third-order valence-electron chi connectivity index (χ3n) is 4.48. The fraction of sp³-hybridized carbons (Fsp3) is 0.381. The Bertz CT molecular complexity index is 914. The minimum absolute atomic E-state index is 0.117. The van der Waals surface area contributed by atoms with E-state index in [0.717, 1.165) is 23.3 Å². The summed E-state index contributed by atoms with van der Waals surface area (Å²) in [4.78, 5) is 22.3. The molecule has 0 saturated carbocycles. The molecule has 0 heterocycles. The number of carbonyl (C=O) groups is 1. The van der Waals surface area contributed by atoms with Crippen LogP contribution in [0.15, 0.2) is 36.4 Å². The summed E-state index contributed by atoms with van der Waals surface area (Å²) < 4.78 is 44.8. The second-order valence-corrected chi connectivity index (χ2v) is 7.39. The van der Waals surface area contributed by atoms with Crippen molar-refractivity contribution in [1.29, 1.82) is 0 Å². The van der Waals surface area contributed by atoms with E-state index in [2.05, 4.69) is 5.32 Å². The number of ether oxygens (including phenoxy) is 1. The third-order valence-corrected chi connectivity index (χ3v) is 4.48. The number of nitrogens with zero attached hydrogens (tertiary/aromatic N) is 1. The number of hydrogen-bond acceptors (Lipinski definition) is 4. The zero-order valence-corrected chi connectivity index (χ0v) is 17.0. The first-order valence-electron chi connectivity index (χ1n) is 9.32. The fourth-order valence-corrected chi connectivity index (χ4v) is 2.99. The molecular formula is C21H23F3N2O4. The number of nitro groups is 1. The van der Waals surface area contributed by atoms with Gasteiger partial charge in [0.1, 0.15) is 11.3 Å². The highest BCUT2D eigenvalue weighted by molar-refractivity contribution is 5.93. The van der Waals surface area contributed by atoms with Crippen LogP contribution in [0.5, 0.6) is 5.75 Å². The van der Waals surface area contributed by atoms with Crippen molar-refractivity contribution in [2.75, 3.05) is 11.9 Å². The minimum atomic E-state index is -4.87. The molecule has 0 bridgehead atoms. The Morgan fingerprint density at radius 1 is 1.10 bits per heavy atom. The van der Waals surface area contributed by atoms with E-state index in [1.54, 1.807) is 0 Å². The highest BCUT2D eigenvalue weighted by atomic mass is 19.4. The Morgan fingerprint density at radius 3 is 2.13 bits per heavy atom. The van der Waals surface area contributed by atoms with Crippen molar-refractivity contribution < 1.29 is 27.6 Å². The summed E-state index contributed by atoms with van der Waals surface area (Å²) in [6.45, 7) is 7.21. The van der Waals surface area contributed by atoms with Crippen molar-refractivity contribution >= 4 is 17.3 Å². The predicted molar refractivity (Wildman–Crippen MR) is 107 cm³/mol. The van der Waals surface area contributed by atoms with Gasteiger partial charge in [0.05, 0.1) is 4.92 Å². The van der Waals surface area contributed by atoms with Crippen LogP contribution < -0.4 is 10.1 Å². The maximum atomic E-state index is 13.2. The van der Waals surface area contributed by atoms with Crippen molar-refractivity contribution in [2.45, 2.75) is 45.7 Å². The molecule has 0 radical (unpaired) electrons. The van der Waals surface area contributed by atoms with Gasteiger partial charge in [-0.15, -0.1) is 0 Å². The molecule has 0 spiro atoms. The van der Waals surface area contributed by atoms with Gasteiger partial charge in [0.25, 0.3) is 11.6 Å². The average molecular weight is 424 g/mol. The molecule has 9 heteroatoms. The Labute approximate surface area is 172 Å². The van der Waals surface area contributed by atoms with Gasteiger partial charge in [-0.2, -0.15) is 13.2 Å². The Morgan fingerprint density at radius 2 is 1.67 bits per heavy atom. The van der Waals surface area contributed by atoms with Crippen LogP contribution in [-0.4, -0.2) is 17.4 Å². The summed E-state index contributed by atoms with van der Waals surface area (Å²) in [5.74, 6) is -1.04. The van der Waals surface area contributed by atoms with E-state index in [9.17, 15) is 28.1 Å². The van der Waals surface area contributed by atoms with Gasteiger partial charge in [-0.1, -0.05) is 45.9 Å². The monoisotopic (exact) mass is 424 g/mol. The van der Waals surface area contributed by atoms with Crippen LogP contribution in [0.2, 0.25) is 0 Å². The van der Waals surface area contributed by atoms with E-state index in [4.69, 9.17) is 4.74 Å². The Hall–Kier alpha value is -3.10. The topological polar surface area (TPSA) is 81.5 Å². The van der Waals surface area contributed by atoms with Gasteiger partial charge in [0.2, 0.25) is 0 Å². The Kier molecular flexibility index (Phi) is 7.07. The van der Waals surface area contributed by atoms with Crippen LogP contribution in [0.4, 0.5) is 24.5 Å². The molecule has 0 aliphatic heterocycles. The molecule has 2 rings (SSSR count). The number of halogens is 3. The lowest BCUT2D eigenvalue weighted by Gasteiger charge is -2.20. The van der Waals surface area contributed by atoms with Crippen LogP contribution in [-0.2, 0) is 11.0 Å². The molecule has 0 aliphatic carbocycles. The highest BCUT2D eigenvalue weighted by Crippen LogP contribution is 2.38. The molecule has 30 heavy (non-hydrogen) atoms. The molecule has 2 aromatic carbocycles. The number of carbonyl (C=O) groups excluding carboxylic acids is 1. The van der Waals surface area contributed by atoms with E-state index in [1.807, 2.05) is 45.9 Å².